The highest BCUT2D eigenvalue weighted by Gasteiger charge is 2.37. The number of nitrogens with zero attached hydrogens (tertiary/aromatic N) is 2. The highest BCUT2D eigenvalue weighted by molar-refractivity contribution is 5.78. The van der Waals surface area contributed by atoms with Gasteiger partial charge in [0.15, 0.2) is 0 Å². The van der Waals surface area contributed by atoms with Crippen LogP contribution in [0.1, 0.15) is 31.7 Å². The number of nitrogens with two attached hydrogens (primary N) is 1. The van der Waals surface area contributed by atoms with E-state index in [-0.39, 0.29) is 11.9 Å². The molecule has 1 saturated heterocycles. The average Bonchev–Trinajstić information content (AvgIpc) is 3.32. The normalized spacial score (nSPS) is 25.7. The Morgan fingerprint density at radius 3 is 2.73 bits per heavy atom. The van der Waals surface area contributed by atoms with Crippen molar-refractivity contribution in [2.24, 2.45) is 22.6 Å². The summed E-state index contributed by atoms with van der Waals surface area (Å²) in [4.78, 5) is 6.20. The van der Waals surface area contributed by atoms with Crippen molar-refractivity contribution in [1.82, 2.24) is 0 Å². The van der Waals surface area contributed by atoms with Gasteiger partial charge in [0.2, 0.25) is 0 Å². The van der Waals surface area contributed by atoms with Gasteiger partial charge in [-0.2, -0.15) is 0 Å². The average molecular weight is 301 g/mol. The fraction of sp³-hybridized carbons (Fsp3) is 0.500. The Morgan fingerprint density at radius 2 is 2.09 bits per heavy atom. The fourth-order valence-electron chi connectivity index (χ4n) is 3.62. The second-order valence-electron chi connectivity index (χ2n) is 6.49. The molecule has 2 atom stereocenters. The third kappa shape index (κ3) is 2.93. The van der Waals surface area contributed by atoms with Crippen LogP contribution in [0.4, 0.5) is 15.8 Å². The summed E-state index contributed by atoms with van der Waals surface area (Å²) < 4.78 is 14.0. The quantitative estimate of drug-likeness (QED) is 0.860. The lowest BCUT2D eigenvalue weighted by Crippen LogP contribution is -2.48. The molecule has 118 valence electrons. The number of rotatable bonds is 4. The maximum Gasteiger partial charge on any atom is 0.149 e. The van der Waals surface area contributed by atoms with Crippen LogP contribution in [0.25, 0.3) is 6.08 Å². The highest BCUT2D eigenvalue weighted by atomic mass is 19.1. The van der Waals surface area contributed by atoms with Crippen molar-refractivity contribution in [1.29, 1.82) is 0 Å². The highest BCUT2D eigenvalue weighted by Crippen LogP contribution is 2.42. The van der Waals surface area contributed by atoms with Crippen LogP contribution in [-0.2, 0) is 0 Å². The molecule has 1 aliphatic carbocycles. The van der Waals surface area contributed by atoms with Gasteiger partial charge in [-0.15, -0.1) is 0 Å². The van der Waals surface area contributed by atoms with E-state index in [9.17, 15) is 4.39 Å². The molecule has 1 heterocycles. The maximum absolute atomic E-state index is 14.0. The molecule has 1 saturated carbocycles. The summed E-state index contributed by atoms with van der Waals surface area (Å²) in [6, 6.07) is 3.52. The molecule has 1 aromatic rings. The van der Waals surface area contributed by atoms with Gasteiger partial charge in [0.1, 0.15) is 11.5 Å². The van der Waals surface area contributed by atoms with Crippen LogP contribution in [0, 0.1) is 17.7 Å². The van der Waals surface area contributed by atoms with E-state index in [1.165, 1.54) is 18.9 Å². The molecule has 1 aliphatic heterocycles. The summed E-state index contributed by atoms with van der Waals surface area (Å²) >= 11 is 0. The van der Waals surface area contributed by atoms with Crippen LogP contribution in [0.5, 0.6) is 0 Å². The summed E-state index contributed by atoms with van der Waals surface area (Å²) in [5.41, 5.74) is 8.43. The van der Waals surface area contributed by atoms with Crippen LogP contribution >= 0.6 is 0 Å². The van der Waals surface area contributed by atoms with Gasteiger partial charge in [-0.05, 0) is 56.9 Å². The molecule has 2 N–H and O–H groups in total. The van der Waals surface area contributed by atoms with Gasteiger partial charge in [0, 0.05) is 30.4 Å². The van der Waals surface area contributed by atoms with Gasteiger partial charge in [0.25, 0.3) is 0 Å². The molecule has 2 aliphatic rings. The zero-order valence-corrected chi connectivity index (χ0v) is 13.1. The molecule has 0 bridgehead atoms. The summed E-state index contributed by atoms with van der Waals surface area (Å²) in [7, 11) is 0. The van der Waals surface area contributed by atoms with Crippen molar-refractivity contribution in [3.05, 3.63) is 29.6 Å². The number of hydrogen-bond acceptors (Lipinski definition) is 3. The van der Waals surface area contributed by atoms with Gasteiger partial charge < -0.3 is 10.6 Å². The van der Waals surface area contributed by atoms with E-state index in [1.54, 1.807) is 0 Å². The first-order chi connectivity index (χ1) is 10.6. The molecular weight excluding hydrogens is 277 g/mol. The molecule has 2 unspecified atom stereocenters. The second kappa shape index (κ2) is 6.21. The molecule has 22 heavy (non-hydrogen) atoms. The van der Waals surface area contributed by atoms with Crippen molar-refractivity contribution >= 4 is 24.2 Å². The first-order valence-corrected chi connectivity index (χ1v) is 8.06. The molecule has 1 aromatic carbocycles. The predicted octanol–water partition coefficient (Wildman–Crippen LogP) is 3.75. The number of allylic oxidation sites excluding steroid dienone is 1. The number of benzene rings is 1. The van der Waals surface area contributed by atoms with E-state index in [0.29, 0.717) is 11.6 Å². The monoisotopic (exact) mass is 301 g/mol. The summed E-state index contributed by atoms with van der Waals surface area (Å²) in [6.07, 6.45) is 7.59. The molecule has 0 amide bonds. The smallest absolute Gasteiger partial charge is 0.149 e. The van der Waals surface area contributed by atoms with Gasteiger partial charge in [-0.3, -0.25) is 4.99 Å². The third-order valence-corrected chi connectivity index (χ3v) is 4.78. The first-order valence-electron chi connectivity index (χ1n) is 8.06. The van der Waals surface area contributed by atoms with E-state index in [0.717, 1.165) is 36.7 Å². The number of piperidine rings is 1. The van der Waals surface area contributed by atoms with Crippen LogP contribution in [-0.4, -0.2) is 25.8 Å². The first kappa shape index (κ1) is 15.2. The van der Waals surface area contributed by atoms with Gasteiger partial charge in [-0.25, -0.2) is 4.39 Å². The minimum Gasteiger partial charge on any atom is -0.369 e. The molecule has 0 radical (unpaired) electrons. The van der Waals surface area contributed by atoms with Crippen molar-refractivity contribution < 1.29 is 4.39 Å². The Labute approximate surface area is 131 Å². The van der Waals surface area contributed by atoms with Crippen molar-refractivity contribution in [3.8, 4) is 0 Å². The number of aliphatic imine (C=N–C) groups is 1. The number of anilines is 1. The molecule has 2 fully saturated rings. The molecule has 3 rings (SSSR count). The minimum absolute atomic E-state index is 0.183. The predicted molar refractivity (Wildman–Crippen MR) is 91.3 cm³/mol. The summed E-state index contributed by atoms with van der Waals surface area (Å²) in [5.74, 6) is 1.16. The summed E-state index contributed by atoms with van der Waals surface area (Å²) in [6.45, 7) is 7.27. The van der Waals surface area contributed by atoms with Gasteiger partial charge in [0.05, 0.1) is 0 Å². The van der Waals surface area contributed by atoms with Crippen molar-refractivity contribution in [2.45, 2.75) is 32.2 Å². The lowest BCUT2D eigenvalue weighted by molar-refractivity contribution is 0.342. The standard InChI is InChI=1S/C18H24FN3/c1-3-4-15-17(8-7-16(19)18(15)21-2)22-10-13(12-5-6-12)9-14(20)11-22/h3-4,7-8,12-14H,2,5-6,9-11,20H2,1H3/b4-3-. The molecule has 4 heteroatoms. The van der Waals surface area contributed by atoms with E-state index in [2.05, 4.69) is 16.6 Å². The Balaban J connectivity index is 1.97. The van der Waals surface area contributed by atoms with Crippen LogP contribution in [0.15, 0.2) is 23.2 Å². The zero-order chi connectivity index (χ0) is 15.7. The van der Waals surface area contributed by atoms with Gasteiger partial charge in [-0.1, -0.05) is 12.2 Å². The SMILES string of the molecule is C=Nc1c(F)ccc(N2CC(N)CC(C3CC3)C2)c1/C=C\C. The van der Waals surface area contributed by atoms with Crippen LogP contribution < -0.4 is 10.6 Å². The van der Waals surface area contributed by atoms with E-state index in [4.69, 9.17) is 5.73 Å². The zero-order valence-electron chi connectivity index (χ0n) is 13.1. The van der Waals surface area contributed by atoms with Crippen molar-refractivity contribution in [3.63, 3.8) is 0 Å². The number of hydrogen-bond donors (Lipinski definition) is 1. The Bertz CT molecular complexity index is 592. The van der Waals surface area contributed by atoms with Crippen LogP contribution in [0.3, 0.4) is 0 Å². The largest absolute Gasteiger partial charge is 0.369 e. The Morgan fingerprint density at radius 1 is 1.32 bits per heavy atom. The maximum atomic E-state index is 14.0. The molecular formula is C18H24FN3. The second-order valence-corrected chi connectivity index (χ2v) is 6.49. The lowest BCUT2D eigenvalue weighted by Gasteiger charge is -2.39. The third-order valence-electron chi connectivity index (χ3n) is 4.78. The molecule has 0 aromatic heterocycles. The minimum atomic E-state index is -0.327. The van der Waals surface area contributed by atoms with Crippen LogP contribution in [0.2, 0.25) is 0 Å². The number of halogens is 1. The Hall–Kier alpha value is -1.68. The van der Waals surface area contributed by atoms with E-state index < -0.39 is 0 Å². The van der Waals surface area contributed by atoms with E-state index in [1.807, 2.05) is 25.1 Å². The Kier molecular flexibility index (Phi) is 4.30. The molecule has 0 spiro atoms. The van der Waals surface area contributed by atoms with E-state index >= 15 is 0 Å². The van der Waals surface area contributed by atoms with Gasteiger partial charge >= 0.3 is 0 Å². The topological polar surface area (TPSA) is 41.6 Å². The van der Waals surface area contributed by atoms with Crippen molar-refractivity contribution in [2.75, 3.05) is 18.0 Å². The molecule has 3 nitrogen and oxygen atoms in total. The fourth-order valence-corrected chi connectivity index (χ4v) is 3.62. The summed E-state index contributed by atoms with van der Waals surface area (Å²) in [5, 5.41) is 0. The lowest BCUT2D eigenvalue weighted by atomic mass is 9.90.